The third-order valence-electron chi connectivity index (χ3n) is 2.64. The summed E-state index contributed by atoms with van der Waals surface area (Å²) in [6.45, 7) is 0. The SMILES string of the molecule is CN(C)S(=O)(=O)Nc1ccc2c(c1)CCCS2. The fourth-order valence-corrected chi connectivity index (χ4v) is 3.29. The van der Waals surface area contributed by atoms with E-state index in [4.69, 9.17) is 0 Å². The number of rotatable bonds is 3. The summed E-state index contributed by atoms with van der Waals surface area (Å²) in [5.74, 6) is 1.15. The molecule has 6 heteroatoms. The zero-order valence-corrected chi connectivity index (χ0v) is 11.6. The lowest BCUT2D eigenvalue weighted by atomic mass is 10.1. The smallest absolute Gasteiger partial charge is 0.271 e. The Bertz CT molecular complexity index is 512. The molecule has 0 atom stereocenters. The summed E-state index contributed by atoms with van der Waals surface area (Å²) >= 11 is 1.83. The molecule has 0 saturated carbocycles. The summed E-state index contributed by atoms with van der Waals surface area (Å²) in [5, 5.41) is 0. The standard InChI is InChI=1S/C11H16N2O2S2/c1-13(2)17(14,15)12-10-5-6-11-9(8-10)4-3-7-16-11/h5-6,8,12H,3-4,7H2,1-2H3. The average Bonchev–Trinajstić information content (AvgIpc) is 2.28. The van der Waals surface area contributed by atoms with Gasteiger partial charge < -0.3 is 0 Å². The van der Waals surface area contributed by atoms with Gasteiger partial charge in [-0.05, 0) is 42.4 Å². The maximum atomic E-state index is 11.7. The minimum absolute atomic E-state index is 0.639. The van der Waals surface area contributed by atoms with Crippen molar-refractivity contribution in [3.63, 3.8) is 0 Å². The molecule has 1 heterocycles. The van der Waals surface area contributed by atoms with E-state index in [2.05, 4.69) is 4.72 Å². The Morgan fingerprint density at radius 1 is 1.35 bits per heavy atom. The highest BCUT2D eigenvalue weighted by atomic mass is 32.2. The Labute approximate surface area is 107 Å². The van der Waals surface area contributed by atoms with Crippen molar-refractivity contribution in [3.8, 4) is 0 Å². The number of fused-ring (bicyclic) bond motifs is 1. The molecule has 4 nitrogen and oxygen atoms in total. The van der Waals surface area contributed by atoms with E-state index in [0.717, 1.165) is 18.6 Å². The zero-order valence-electron chi connectivity index (χ0n) is 9.93. The molecule has 0 bridgehead atoms. The maximum Gasteiger partial charge on any atom is 0.301 e. The van der Waals surface area contributed by atoms with Crippen molar-refractivity contribution in [3.05, 3.63) is 23.8 Å². The van der Waals surface area contributed by atoms with Gasteiger partial charge in [-0.2, -0.15) is 12.7 Å². The number of benzene rings is 1. The monoisotopic (exact) mass is 272 g/mol. The third-order valence-corrected chi connectivity index (χ3v) is 5.29. The Balaban J connectivity index is 2.23. The highest BCUT2D eigenvalue weighted by Crippen LogP contribution is 2.31. The fraction of sp³-hybridized carbons (Fsp3) is 0.455. The number of hydrogen-bond donors (Lipinski definition) is 1. The Kier molecular flexibility index (Phi) is 3.65. The van der Waals surface area contributed by atoms with Gasteiger partial charge in [-0.15, -0.1) is 11.8 Å². The predicted molar refractivity (Wildman–Crippen MR) is 71.7 cm³/mol. The summed E-state index contributed by atoms with van der Waals surface area (Å²) in [7, 11) is -0.380. The van der Waals surface area contributed by atoms with Crippen LogP contribution in [0.4, 0.5) is 5.69 Å². The van der Waals surface area contributed by atoms with E-state index in [1.165, 1.54) is 28.9 Å². The Morgan fingerprint density at radius 2 is 2.12 bits per heavy atom. The highest BCUT2D eigenvalue weighted by molar-refractivity contribution is 7.99. The highest BCUT2D eigenvalue weighted by Gasteiger charge is 2.15. The molecule has 1 aliphatic heterocycles. The first-order valence-electron chi connectivity index (χ1n) is 5.45. The molecule has 0 saturated heterocycles. The van der Waals surface area contributed by atoms with Crippen molar-refractivity contribution >= 4 is 27.7 Å². The van der Waals surface area contributed by atoms with Gasteiger partial charge in [0.15, 0.2) is 0 Å². The van der Waals surface area contributed by atoms with Crippen molar-refractivity contribution in [1.82, 2.24) is 4.31 Å². The second kappa shape index (κ2) is 4.88. The number of anilines is 1. The summed E-state index contributed by atoms with van der Waals surface area (Å²) in [5.41, 5.74) is 1.88. The van der Waals surface area contributed by atoms with Gasteiger partial charge >= 0.3 is 10.2 Å². The Morgan fingerprint density at radius 3 is 2.82 bits per heavy atom. The van der Waals surface area contributed by atoms with Crippen LogP contribution in [0, 0.1) is 0 Å². The molecule has 1 aromatic rings. The van der Waals surface area contributed by atoms with Gasteiger partial charge in [0, 0.05) is 19.0 Å². The molecular weight excluding hydrogens is 256 g/mol. The first kappa shape index (κ1) is 12.7. The van der Waals surface area contributed by atoms with Crippen LogP contribution in [-0.4, -0.2) is 32.6 Å². The summed E-state index contributed by atoms with van der Waals surface area (Å²) in [6, 6.07) is 5.74. The summed E-state index contributed by atoms with van der Waals surface area (Å²) < 4.78 is 27.1. The van der Waals surface area contributed by atoms with E-state index in [9.17, 15) is 8.42 Å². The minimum Gasteiger partial charge on any atom is -0.271 e. The van der Waals surface area contributed by atoms with Crippen LogP contribution in [0.5, 0.6) is 0 Å². The normalized spacial score (nSPS) is 15.7. The summed E-state index contributed by atoms with van der Waals surface area (Å²) in [6.07, 6.45) is 2.18. The van der Waals surface area contributed by atoms with E-state index in [-0.39, 0.29) is 0 Å². The van der Waals surface area contributed by atoms with Crippen molar-refractivity contribution in [2.75, 3.05) is 24.6 Å². The molecule has 0 fully saturated rings. The molecule has 0 radical (unpaired) electrons. The average molecular weight is 272 g/mol. The molecular formula is C11H16N2O2S2. The quantitative estimate of drug-likeness (QED) is 0.915. The van der Waals surface area contributed by atoms with E-state index in [1.54, 1.807) is 0 Å². The first-order chi connectivity index (χ1) is 7.99. The fourth-order valence-electron chi connectivity index (χ4n) is 1.66. The van der Waals surface area contributed by atoms with Crippen LogP contribution in [0.3, 0.4) is 0 Å². The number of nitrogens with one attached hydrogen (secondary N) is 1. The van der Waals surface area contributed by atoms with Crippen LogP contribution in [0.1, 0.15) is 12.0 Å². The lowest BCUT2D eigenvalue weighted by Gasteiger charge is -2.18. The molecule has 0 aliphatic carbocycles. The number of aryl methyl sites for hydroxylation is 1. The van der Waals surface area contributed by atoms with Crippen LogP contribution in [0.25, 0.3) is 0 Å². The lowest BCUT2D eigenvalue weighted by Crippen LogP contribution is -2.29. The maximum absolute atomic E-state index is 11.7. The van der Waals surface area contributed by atoms with Crippen LogP contribution < -0.4 is 4.72 Å². The molecule has 0 amide bonds. The zero-order chi connectivity index (χ0) is 12.5. The molecule has 0 aromatic heterocycles. The van der Waals surface area contributed by atoms with Gasteiger partial charge in [0.25, 0.3) is 0 Å². The molecule has 17 heavy (non-hydrogen) atoms. The van der Waals surface area contributed by atoms with Crippen LogP contribution in [0.2, 0.25) is 0 Å². The number of hydrogen-bond acceptors (Lipinski definition) is 3. The Hall–Kier alpha value is -0.720. The second-order valence-electron chi connectivity index (χ2n) is 4.16. The van der Waals surface area contributed by atoms with Crippen molar-refractivity contribution in [2.45, 2.75) is 17.7 Å². The van der Waals surface area contributed by atoms with E-state index < -0.39 is 10.2 Å². The summed E-state index contributed by atoms with van der Waals surface area (Å²) in [4.78, 5) is 1.27. The van der Waals surface area contributed by atoms with E-state index in [0.29, 0.717) is 5.69 Å². The molecule has 1 N–H and O–H groups in total. The number of thioether (sulfide) groups is 1. The third kappa shape index (κ3) is 2.94. The van der Waals surface area contributed by atoms with Gasteiger partial charge in [-0.1, -0.05) is 0 Å². The van der Waals surface area contributed by atoms with Crippen LogP contribution in [-0.2, 0) is 16.6 Å². The van der Waals surface area contributed by atoms with Crippen LogP contribution in [0.15, 0.2) is 23.1 Å². The van der Waals surface area contributed by atoms with Gasteiger partial charge in [-0.3, -0.25) is 4.72 Å². The van der Waals surface area contributed by atoms with Crippen molar-refractivity contribution in [1.29, 1.82) is 0 Å². The predicted octanol–water partition coefficient (Wildman–Crippen LogP) is 1.94. The molecule has 0 unspecified atom stereocenters. The van der Waals surface area contributed by atoms with E-state index >= 15 is 0 Å². The van der Waals surface area contributed by atoms with E-state index in [1.807, 2.05) is 30.0 Å². The molecule has 1 aromatic carbocycles. The van der Waals surface area contributed by atoms with Crippen LogP contribution >= 0.6 is 11.8 Å². The number of nitrogens with zero attached hydrogens (tertiary/aromatic N) is 1. The molecule has 0 spiro atoms. The molecule has 94 valence electrons. The first-order valence-corrected chi connectivity index (χ1v) is 7.87. The largest absolute Gasteiger partial charge is 0.301 e. The molecule has 2 rings (SSSR count). The minimum atomic E-state index is -3.40. The topological polar surface area (TPSA) is 49.4 Å². The van der Waals surface area contributed by atoms with Gasteiger partial charge in [-0.25, -0.2) is 0 Å². The van der Waals surface area contributed by atoms with Crippen molar-refractivity contribution in [2.24, 2.45) is 0 Å². The van der Waals surface area contributed by atoms with Gasteiger partial charge in [0.05, 0.1) is 5.69 Å². The lowest BCUT2D eigenvalue weighted by molar-refractivity contribution is 0.527. The second-order valence-corrected chi connectivity index (χ2v) is 7.19. The van der Waals surface area contributed by atoms with Gasteiger partial charge in [0.2, 0.25) is 0 Å². The van der Waals surface area contributed by atoms with Gasteiger partial charge in [0.1, 0.15) is 0 Å². The van der Waals surface area contributed by atoms with Crippen molar-refractivity contribution < 1.29 is 8.42 Å². The molecule has 1 aliphatic rings.